The lowest BCUT2D eigenvalue weighted by Crippen LogP contribution is -2.56. The molecule has 2 saturated heterocycles. The number of imide groups is 1. The van der Waals surface area contributed by atoms with Gasteiger partial charge in [-0.05, 0) is 6.92 Å². The smallest absolute Gasteiger partial charge is 0.316 e. The maximum absolute atomic E-state index is 12.9. The molecule has 2 rings (SSSR count). The molecular weight excluding hydrogens is 277 g/mol. The van der Waals surface area contributed by atoms with E-state index in [1.54, 1.807) is 5.32 Å². The van der Waals surface area contributed by atoms with Gasteiger partial charge in [0.2, 0.25) is 5.54 Å². The summed E-state index contributed by atoms with van der Waals surface area (Å²) in [7, 11) is 0. The Kier molecular flexibility index (Phi) is 3.92. The number of nitrogens with zero attached hydrogens (tertiary/aromatic N) is 2. The summed E-state index contributed by atoms with van der Waals surface area (Å²) >= 11 is 0. The van der Waals surface area contributed by atoms with Crippen LogP contribution in [0, 0.1) is 0 Å². The van der Waals surface area contributed by atoms with Crippen LogP contribution in [0.3, 0.4) is 0 Å². The third-order valence-corrected chi connectivity index (χ3v) is 3.69. The molecule has 0 aromatic carbocycles. The Hall–Kier alpha value is -1.35. The molecule has 6 nitrogen and oxygen atoms in total. The summed E-state index contributed by atoms with van der Waals surface area (Å²) in [4.78, 5) is 26.1. The van der Waals surface area contributed by atoms with Gasteiger partial charge >= 0.3 is 12.2 Å². The first-order valence-electron chi connectivity index (χ1n) is 6.39. The van der Waals surface area contributed by atoms with Crippen LogP contribution in [0.1, 0.15) is 6.92 Å². The predicted octanol–water partition coefficient (Wildman–Crippen LogP) is -0.236. The van der Waals surface area contributed by atoms with Crippen molar-refractivity contribution in [3.63, 3.8) is 0 Å². The second kappa shape index (κ2) is 5.21. The maximum atomic E-state index is 12.9. The molecule has 0 aliphatic carbocycles. The highest BCUT2D eigenvalue weighted by molar-refractivity contribution is 6.07. The Labute approximate surface area is 114 Å². The van der Waals surface area contributed by atoms with Crippen LogP contribution < -0.4 is 10.6 Å². The topological polar surface area (TPSA) is 64.7 Å². The first kappa shape index (κ1) is 15.0. The summed E-state index contributed by atoms with van der Waals surface area (Å²) in [5.41, 5.74) is -2.81. The Morgan fingerprint density at radius 2 is 1.80 bits per heavy atom. The van der Waals surface area contributed by atoms with Crippen molar-refractivity contribution in [2.75, 3.05) is 39.3 Å². The van der Waals surface area contributed by atoms with Gasteiger partial charge in [-0.2, -0.15) is 13.2 Å². The third kappa shape index (κ3) is 2.59. The Morgan fingerprint density at radius 3 is 2.30 bits per heavy atom. The van der Waals surface area contributed by atoms with Crippen LogP contribution in [0.15, 0.2) is 0 Å². The molecule has 0 spiro atoms. The molecule has 1 unspecified atom stereocenters. The van der Waals surface area contributed by atoms with Crippen molar-refractivity contribution < 1.29 is 22.8 Å². The molecular formula is C11H17F3N4O2. The molecule has 2 heterocycles. The van der Waals surface area contributed by atoms with Gasteiger partial charge < -0.3 is 10.6 Å². The van der Waals surface area contributed by atoms with E-state index in [9.17, 15) is 22.8 Å². The molecule has 1 atom stereocenters. The van der Waals surface area contributed by atoms with E-state index in [1.165, 1.54) is 0 Å². The minimum absolute atomic E-state index is 0.0314. The lowest BCUT2D eigenvalue weighted by molar-refractivity contribution is -0.191. The van der Waals surface area contributed by atoms with Crippen molar-refractivity contribution >= 4 is 11.9 Å². The van der Waals surface area contributed by atoms with Gasteiger partial charge in [0.05, 0.1) is 0 Å². The minimum Gasteiger partial charge on any atom is -0.316 e. The van der Waals surface area contributed by atoms with E-state index in [1.807, 2.05) is 4.90 Å². The van der Waals surface area contributed by atoms with Gasteiger partial charge in [-0.25, -0.2) is 4.79 Å². The monoisotopic (exact) mass is 294 g/mol. The zero-order chi connectivity index (χ0) is 15.0. The van der Waals surface area contributed by atoms with E-state index >= 15 is 0 Å². The van der Waals surface area contributed by atoms with Gasteiger partial charge in [-0.15, -0.1) is 0 Å². The zero-order valence-corrected chi connectivity index (χ0v) is 11.1. The highest BCUT2D eigenvalue weighted by Crippen LogP contribution is 2.34. The number of nitrogens with one attached hydrogen (secondary N) is 2. The third-order valence-electron chi connectivity index (χ3n) is 3.69. The molecule has 3 amide bonds. The van der Waals surface area contributed by atoms with E-state index in [-0.39, 0.29) is 6.54 Å². The highest BCUT2D eigenvalue weighted by atomic mass is 19.4. The standard InChI is InChI=1S/C11H17F3N4O2/c1-10(11(12,13)14)8(19)18(9(20)16-10)7-6-17-4-2-15-3-5-17/h15H,2-7H2,1H3,(H,16,20). The van der Waals surface area contributed by atoms with E-state index in [0.717, 1.165) is 26.2 Å². The number of hydrogen-bond donors (Lipinski definition) is 2. The normalized spacial score (nSPS) is 28.9. The lowest BCUT2D eigenvalue weighted by Gasteiger charge is -2.28. The minimum atomic E-state index is -4.80. The van der Waals surface area contributed by atoms with Crippen LogP contribution in [0.25, 0.3) is 0 Å². The molecule has 0 saturated carbocycles. The summed E-state index contributed by atoms with van der Waals surface area (Å²) in [6.07, 6.45) is -4.80. The molecule has 0 radical (unpaired) electrons. The van der Waals surface area contributed by atoms with Crippen molar-refractivity contribution in [2.45, 2.75) is 18.6 Å². The summed E-state index contributed by atoms with van der Waals surface area (Å²) in [5.74, 6) is -1.23. The van der Waals surface area contributed by atoms with Crippen LogP contribution >= 0.6 is 0 Å². The van der Waals surface area contributed by atoms with Crippen molar-refractivity contribution in [3.8, 4) is 0 Å². The molecule has 0 aromatic rings. The maximum Gasteiger partial charge on any atom is 0.420 e. The largest absolute Gasteiger partial charge is 0.420 e. The number of piperazine rings is 1. The van der Waals surface area contributed by atoms with E-state index in [4.69, 9.17) is 0 Å². The van der Waals surface area contributed by atoms with E-state index < -0.39 is 23.7 Å². The number of amides is 3. The fraction of sp³-hybridized carbons (Fsp3) is 0.818. The second-order valence-corrected chi connectivity index (χ2v) is 5.10. The molecule has 9 heteroatoms. The van der Waals surface area contributed by atoms with Crippen molar-refractivity contribution in [1.29, 1.82) is 0 Å². The Bertz CT molecular complexity index is 409. The summed E-state index contributed by atoms with van der Waals surface area (Å²) in [6, 6.07) is -0.982. The van der Waals surface area contributed by atoms with Crippen LogP contribution in [-0.2, 0) is 4.79 Å². The Balaban J connectivity index is 1.98. The number of carbonyl (C=O) groups excluding carboxylic acids is 2. The molecule has 2 aliphatic heterocycles. The van der Waals surface area contributed by atoms with Crippen molar-refractivity contribution in [2.24, 2.45) is 0 Å². The first-order chi connectivity index (χ1) is 9.25. The summed E-state index contributed by atoms with van der Waals surface area (Å²) in [6.45, 7) is 4.13. The lowest BCUT2D eigenvalue weighted by atomic mass is 10.0. The quantitative estimate of drug-likeness (QED) is 0.706. The fourth-order valence-corrected chi connectivity index (χ4v) is 2.27. The number of hydrogen-bond acceptors (Lipinski definition) is 4. The fourth-order valence-electron chi connectivity index (χ4n) is 2.27. The molecule has 20 heavy (non-hydrogen) atoms. The van der Waals surface area contributed by atoms with Gasteiger partial charge in [0.1, 0.15) is 0 Å². The summed E-state index contributed by atoms with van der Waals surface area (Å²) in [5, 5.41) is 4.88. The van der Waals surface area contributed by atoms with Crippen LogP contribution in [0.5, 0.6) is 0 Å². The van der Waals surface area contributed by atoms with Gasteiger partial charge in [0.25, 0.3) is 5.91 Å². The molecule has 2 fully saturated rings. The molecule has 2 aliphatic rings. The summed E-state index contributed by atoms with van der Waals surface area (Å²) < 4.78 is 38.6. The van der Waals surface area contributed by atoms with Gasteiger partial charge in [-0.3, -0.25) is 14.6 Å². The zero-order valence-electron chi connectivity index (χ0n) is 11.1. The van der Waals surface area contributed by atoms with Gasteiger partial charge in [0.15, 0.2) is 0 Å². The number of urea groups is 1. The van der Waals surface area contributed by atoms with Crippen molar-refractivity contribution in [3.05, 3.63) is 0 Å². The van der Waals surface area contributed by atoms with Crippen molar-refractivity contribution in [1.82, 2.24) is 20.4 Å². The first-order valence-corrected chi connectivity index (χ1v) is 6.39. The van der Waals surface area contributed by atoms with E-state index in [2.05, 4.69) is 5.32 Å². The van der Waals surface area contributed by atoms with Gasteiger partial charge in [-0.1, -0.05) is 0 Å². The molecule has 114 valence electrons. The average Bonchev–Trinajstić information content (AvgIpc) is 2.60. The number of rotatable bonds is 3. The predicted molar refractivity (Wildman–Crippen MR) is 64.0 cm³/mol. The average molecular weight is 294 g/mol. The number of alkyl halides is 3. The molecule has 0 bridgehead atoms. The second-order valence-electron chi connectivity index (χ2n) is 5.10. The van der Waals surface area contributed by atoms with Crippen LogP contribution in [0.2, 0.25) is 0 Å². The highest BCUT2D eigenvalue weighted by Gasteiger charge is 2.64. The molecule has 0 aromatic heterocycles. The van der Waals surface area contributed by atoms with Crippen LogP contribution in [-0.4, -0.2) is 72.7 Å². The van der Waals surface area contributed by atoms with E-state index in [0.29, 0.717) is 18.4 Å². The van der Waals surface area contributed by atoms with Crippen LogP contribution in [0.4, 0.5) is 18.0 Å². The number of halogens is 3. The Morgan fingerprint density at radius 1 is 1.20 bits per heavy atom. The molecule has 2 N–H and O–H groups in total. The number of carbonyl (C=O) groups is 2. The SMILES string of the molecule is CC1(C(F)(F)F)NC(=O)N(CCN2CCNCC2)C1=O. The van der Waals surface area contributed by atoms with Gasteiger partial charge in [0, 0.05) is 39.3 Å².